The Labute approximate surface area is 199 Å². The van der Waals surface area contributed by atoms with Gasteiger partial charge in [-0.05, 0) is 56.7 Å². The first kappa shape index (κ1) is 24.5. The van der Waals surface area contributed by atoms with Gasteiger partial charge in [0.25, 0.3) is 5.91 Å². The molecule has 2 aromatic rings. The number of carbonyl (C=O) groups excluding carboxylic acids is 1. The van der Waals surface area contributed by atoms with Crippen molar-refractivity contribution in [3.8, 4) is 0 Å². The van der Waals surface area contributed by atoms with Crippen molar-refractivity contribution in [2.75, 3.05) is 37.6 Å². The molecule has 1 fully saturated rings. The summed E-state index contributed by atoms with van der Waals surface area (Å²) < 4.78 is 5.21. The maximum absolute atomic E-state index is 12.0. The van der Waals surface area contributed by atoms with Gasteiger partial charge in [0.15, 0.2) is 11.7 Å². The van der Waals surface area contributed by atoms with Gasteiger partial charge in [-0.1, -0.05) is 0 Å². The molecule has 3 rings (SSSR count). The van der Waals surface area contributed by atoms with Crippen LogP contribution in [0.4, 0.5) is 5.00 Å². The molecule has 0 aromatic carbocycles. The van der Waals surface area contributed by atoms with Crippen LogP contribution in [0, 0.1) is 6.92 Å². The first-order valence-corrected chi connectivity index (χ1v) is 11.2. The standard InChI is InChI=1S/C21H31N5O2S.HI/c1-3-22-21(24-11-5-10-23-20(27)19-16(2)9-14-28-19)25-17-7-12-26(13-8-17)18-6-4-15-29-18;/h4,6,9,14-15,17H,3,5,7-8,10-13H2,1-2H3,(H,23,27)(H2,22,24,25);1H. The molecule has 9 heteroatoms. The zero-order chi connectivity index (χ0) is 20.5. The Morgan fingerprint density at radius 1 is 1.30 bits per heavy atom. The molecular weight excluding hydrogens is 513 g/mol. The summed E-state index contributed by atoms with van der Waals surface area (Å²) in [6, 6.07) is 6.53. The molecule has 1 saturated heterocycles. The van der Waals surface area contributed by atoms with Crippen molar-refractivity contribution >= 4 is 52.2 Å². The molecule has 0 aliphatic carbocycles. The van der Waals surface area contributed by atoms with E-state index in [0.29, 0.717) is 24.9 Å². The number of hydrogen-bond acceptors (Lipinski definition) is 5. The average molecular weight is 545 g/mol. The Hall–Kier alpha value is -1.75. The lowest BCUT2D eigenvalue weighted by molar-refractivity contribution is 0.0925. The van der Waals surface area contributed by atoms with Gasteiger partial charge in [0.2, 0.25) is 0 Å². The minimum Gasteiger partial charge on any atom is -0.459 e. The molecule has 166 valence electrons. The highest BCUT2D eigenvalue weighted by Crippen LogP contribution is 2.24. The van der Waals surface area contributed by atoms with Crippen LogP contribution in [0.2, 0.25) is 0 Å². The SMILES string of the molecule is CCNC(=NCCCNC(=O)c1occc1C)NC1CCN(c2cccs2)CC1.I. The number of guanidine groups is 1. The normalized spacial score (nSPS) is 14.9. The average Bonchev–Trinajstić information content (AvgIpc) is 3.40. The number of thiophene rings is 1. The summed E-state index contributed by atoms with van der Waals surface area (Å²) in [6.45, 7) is 8.12. The number of rotatable bonds is 8. The van der Waals surface area contributed by atoms with Gasteiger partial charge in [0.05, 0.1) is 11.3 Å². The van der Waals surface area contributed by atoms with E-state index in [2.05, 4.69) is 50.3 Å². The number of carbonyl (C=O) groups is 1. The van der Waals surface area contributed by atoms with Gasteiger partial charge >= 0.3 is 0 Å². The summed E-state index contributed by atoms with van der Waals surface area (Å²) in [7, 11) is 0. The molecule has 0 radical (unpaired) electrons. The van der Waals surface area contributed by atoms with Crippen LogP contribution in [0.25, 0.3) is 0 Å². The lowest BCUT2D eigenvalue weighted by Gasteiger charge is -2.33. The predicted molar refractivity (Wildman–Crippen MR) is 134 cm³/mol. The van der Waals surface area contributed by atoms with E-state index in [4.69, 9.17) is 4.42 Å². The van der Waals surface area contributed by atoms with Crippen molar-refractivity contribution in [1.29, 1.82) is 0 Å². The first-order chi connectivity index (χ1) is 14.2. The van der Waals surface area contributed by atoms with E-state index in [0.717, 1.165) is 50.4 Å². The van der Waals surface area contributed by atoms with Crippen molar-refractivity contribution in [3.63, 3.8) is 0 Å². The van der Waals surface area contributed by atoms with E-state index in [-0.39, 0.29) is 29.9 Å². The van der Waals surface area contributed by atoms with Crippen LogP contribution in [-0.2, 0) is 0 Å². The predicted octanol–water partition coefficient (Wildman–Crippen LogP) is 3.61. The fourth-order valence-electron chi connectivity index (χ4n) is 3.36. The molecule has 7 nitrogen and oxygen atoms in total. The fraction of sp³-hybridized carbons (Fsp3) is 0.524. The molecule has 0 atom stereocenters. The summed E-state index contributed by atoms with van der Waals surface area (Å²) in [5.74, 6) is 1.08. The number of piperidine rings is 1. The van der Waals surface area contributed by atoms with Gasteiger partial charge < -0.3 is 25.3 Å². The van der Waals surface area contributed by atoms with Gasteiger partial charge in [-0.3, -0.25) is 9.79 Å². The largest absolute Gasteiger partial charge is 0.459 e. The first-order valence-electron chi connectivity index (χ1n) is 10.3. The van der Waals surface area contributed by atoms with Crippen molar-refractivity contribution in [3.05, 3.63) is 41.2 Å². The number of halogens is 1. The Morgan fingerprint density at radius 2 is 2.10 bits per heavy atom. The number of aryl methyl sites for hydroxylation is 1. The van der Waals surface area contributed by atoms with E-state index in [9.17, 15) is 4.79 Å². The van der Waals surface area contributed by atoms with Crippen LogP contribution in [0.1, 0.15) is 42.3 Å². The molecular formula is C21H32IN5O2S. The highest BCUT2D eigenvalue weighted by Gasteiger charge is 2.20. The number of aliphatic imine (C=N–C) groups is 1. The van der Waals surface area contributed by atoms with Crippen LogP contribution in [-0.4, -0.2) is 50.6 Å². The molecule has 1 aliphatic heterocycles. The summed E-state index contributed by atoms with van der Waals surface area (Å²) in [5.41, 5.74) is 0.851. The second-order valence-electron chi connectivity index (χ2n) is 7.16. The molecule has 3 heterocycles. The summed E-state index contributed by atoms with van der Waals surface area (Å²) in [6.07, 6.45) is 4.51. The van der Waals surface area contributed by atoms with Gasteiger partial charge in [-0.15, -0.1) is 35.3 Å². The Bertz CT molecular complexity index is 785. The fourth-order valence-corrected chi connectivity index (χ4v) is 4.15. The molecule has 3 N–H and O–H groups in total. The Balaban J connectivity index is 0.00000320. The molecule has 0 unspecified atom stereocenters. The van der Waals surface area contributed by atoms with Gasteiger partial charge in [0.1, 0.15) is 0 Å². The van der Waals surface area contributed by atoms with Gasteiger partial charge in [0, 0.05) is 44.3 Å². The van der Waals surface area contributed by atoms with Crippen LogP contribution < -0.4 is 20.9 Å². The molecule has 0 bridgehead atoms. The van der Waals surface area contributed by atoms with E-state index >= 15 is 0 Å². The number of furan rings is 1. The molecule has 1 aliphatic rings. The molecule has 2 aromatic heterocycles. The molecule has 30 heavy (non-hydrogen) atoms. The second-order valence-corrected chi connectivity index (χ2v) is 8.09. The van der Waals surface area contributed by atoms with Gasteiger partial charge in [-0.25, -0.2) is 0 Å². The van der Waals surface area contributed by atoms with E-state index in [1.54, 1.807) is 17.4 Å². The molecule has 0 spiro atoms. The smallest absolute Gasteiger partial charge is 0.287 e. The maximum atomic E-state index is 12.0. The van der Waals surface area contributed by atoms with E-state index in [1.807, 2.05) is 6.92 Å². The highest BCUT2D eigenvalue weighted by molar-refractivity contribution is 14.0. The van der Waals surface area contributed by atoms with Crippen molar-refractivity contribution in [1.82, 2.24) is 16.0 Å². The van der Waals surface area contributed by atoms with Crippen molar-refractivity contribution in [2.24, 2.45) is 4.99 Å². The lowest BCUT2D eigenvalue weighted by Crippen LogP contribution is -2.48. The third-order valence-electron chi connectivity index (χ3n) is 4.96. The summed E-state index contributed by atoms with van der Waals surface area (Å²) >= 11 is 1.80. The molecule has 0 saturated carbocycles. The monoisotopic (exact) mass is 545 g/mol. The minimum absolute atomic E-state index is 0. The maximum Gasteiger partial charge on any atom is 0.287 e. The van der Waals surface area contributed by atoms with Gasteiger partial charge in [-0.2, -0.15) is 0 Å². The topological polar surface area (TPSA) is 81.9 Å². The molecule has 1 amide bonds. The van der Waals surface area contributed by atoms with Crippen molar-refractivity contribution in [2.45, 2.75) is 39.2 Å². The minimum atomic E-state index is -0.168. The second kappa shape index (κ2) is 12.8. The zero-order valence-corrected chi connectivity index (χ0v) is 20.8. The lowest BCUT2D eigenvalue weighted by atomic mass is 10.1. The van der Waals surface area contributed by atoms with Crippen LogP contribution in [0.5, 0.6) is 0 Å². The third kappa shape index (κ3) is 7.19. The number of anilines is 1. The number of nitrogens with one attached hydrogen (secondary N) is 3. The number of hydrogen-bond donors (Lipinski definition) is 3. The van der Waals surface area contributed by atoms with Crippen LogP contribution in [0.15, 0.2) is 39.3 Å². The number of nitrogens with zero attached hydrogens (tertiary/aromatic N) is 2. The Morgan fingerprint density at radius 3 is 2.73 bits per heavy atom. The third-order valence-corrected chi connectivity index (χ3v) is 5.89. The van der Waals surface area contributed by atoms with Crippen molar-refractivity contribution < 1.29 is 9.21 Å². The van der Waals surface area contributed by atoms with Crippen LogP contribution in [0.3, 0.4) is 0 Å². The van der Waals surface area contributed by atoms with E-state index in [1.165, 1.54) is 11.3 Å². The summed E-state index contributed by atoms with van der Waals surface area (Å²) in [4.78, 5) is 19.1. The Kier molecular flexibility index (Phi) is 10.5. The zero-order valence-electron chi connectivity index (χ0n) is 17.6. The van der Waals surface area contributed by atoms with E-state index < -0.39 is 0 Å². The summed E-state index contributed by atoms with van der Waals surface area (Å²) in [5, 5.41) is 13.3. The quantitative estimate of drug-likeness (QED) is 0.205. The van der Waals surface area contributed by atoms with Crippen LogP contribution >= 0.6 is 35.3 Å². The number of amides is 1. The highest BCUT2D eigenvalue weighted by atomic mass is 127.